The summed E-state index contributed by atoms with van der Waals surface area (Å²) < 4.78 is 28.9. The molecule has 0 N–H and O–H groups in total. The van der Waals surface area contributed by atoms with Crippen LogP contribution in [-0.2, 0) is 28.4 Å². The number of aryl methyl sites for hydroxylation is 2. The molecule has 3 rings (SSSR count). The van der Waals surface area contributed by atoms with E-state index in [1.807, 2.05) is 20.9 Å². The van der Waals surface area contributed by atoms with E-state index in [2.05, 4.69) is 5.10 Å². The van der Waals surface area contributed by atoms with Gasteiger partial charge in [0.25, 0.3) is 0 Å². The second-order valence-electron chi connectivity index (χ2n) is 6.68. The molecule has 0 saturated carbocycles. The molecule has 0 spiro atoms. The van der Waals surface area contributed by atoms with Crippen LogP contribution in [0.15, 0.2) is 29.2 Å². The van der Waals surface area contributed by atoms with Crippen molar-refractivity contribution < 1.29 is 13.2 Å². The molecule has 2 heterocycles. The molecule has 26 heavy (non-hydrogen) atoms. The highest BCUT2D eigenvalue weighted by molar-refractivity contribution is 7.89. The zero-order chi connectivity index (χ0) is 19.1. The highest BCUT2D eigenvalue weighted by atomic mass is 32.2. The third kappa shape index (κ3) is 3.26. The number of carbonyl (C=O) groups excluding carboxylic acids is 1. The van der Waals surface area contributed by atoms with Gasteiger partial charge in [0.1, 0.15) is 0 Å². The number of amides is 1. The fraction of sp³-hybridized carbons (Fsp3) is 0.444. The zero-order valence-electron chi connectivity index (χ0n) is 15.6. The summed E-state index contributed by atoms with van der Waals surface area (Å²) in [5, 5.41) is 4.34. The second-order valence-corrected chi connectivity index (χ2v) is 8.72. The van der Waals surface area contributed by atoms with Crippen molar-refractivity contribution in [1.82, 2.24) is 14.1 Å². The number of hydrogen-bond donors (Lipinski definition) is 0. The third-order valence-electron chi connectivity index (χ3n) is 4.97. The van der Waals surface area contributed by atoms with E-state index in [0.29, 0.717) is 13.0 Å². The molecule has 0 bridgehead atoms. The summed E-state index contributed by atoms with van der Waals surface area (Å²) >= 11 is 0. The van der Waals surface area contributed by atoms with Gasteiger partial charge in [-0.2, -0.15) is 9.40 Å². The lowest BCUT2D eigenvalue weighted by Crippen LogP contribution is -2.27. The van der Waals surface area contributed by atoms with Crippen LogP contribution >= 0.6 is 0 Å². The van der Waals surface area contributed by atoms with E-state index < -0.39 is 10.0 Å². The Morgan fingerprint density at radius 2 is 1.85 bits per heavy atom. The average molecular weight is 376 g/mol. The predicted molar refractivity (Wildman–Crippen MR) is 99.4 cm³/mol. The van der Waals surface area contributed by atoms with Crippen LogP contribution in [0.25, 0.3) is 0 Å². The Balaban J connectivity index is 1.82. The SMILES string of the molecule is Cc1nn(C)c(C)c1CN(C)S(=O)(=O)c1ccc(N2CCCC2=O)cc1. The minimum Gasteiger partial charge on any atom is -0.312 e. The van der Waals surface area contributed by atoms with E-state index in [1.165, 1.54) is 4.31 Å². The number of anilines is 1. The van der Waals surface area contributed by atoms with Crippen molar-refractivity contribution in [2.45, 2.75) is 38.1 Å². The largest absolute Gasteiger partial charge is 0.312 e. The Morgan fingerprint density at radius 1 is 1.19 bits per heavy atom. The quantitative estimate of drug-likeness (QED) is 0.800. The summed E-state index contributed by atoms with van der Waals surface area (Å²) in [6.07, 6.45) is 1.39. The Kier molecular flexibility index (Phi) is 4.90. The van der Waals surface area contributed by atoms with Crippen LogP contribution in [0.1, 0.15) is 29.8 Å². The van der Waals surface area contributed by atoms with Gasteiger partial charge in [-0.15, -0.1) is 0 Å². The van der Waals surface area contributed by atoms with E-state index >= 15 is 0 Å². The third-order valence-corrected chi connectivity index (χ3v) is 6.79. The normalized spacial score (nSPS) is 15.3. The Bertz CT molecular complexity index is 932. The molecule has 1 aromatic carbocycles. The Hall–Kier alpha value is -2.19. The number of hydrogen-bond acceptors (Lipinski definition) is 4. The first-order chi connectivity index (χ1) is 12.2. The maximum absolute atomic E-state index is 12.9. The topological polar surface area (TPSA) is 75.5 Å². The second kappa shape index (κ2) is 6.85. The number of nitrogens with zero attached hydrogens (tertiary/aromatic N) is 4. The van der Waals surface area contributed by atoms with Crippen molar-refractivity contribution in [3.8, 4) is 0 Å². The molecule has 0 unspecified atom stereocenters. The summed E-state index contributed by atoms with van der Waals surface area (Å²) in [4.78, 5) is 13.7. The standard InChI is InChI=1S/C18H24N4O3S/c1-13-17(14(2)21(4)19-13)12-20(3)26(24,25)16-9-7-15(8-10-16)22-11-5-6-18(22)23/h7-10H,5-6,11-12H2,1-4H3. The van der Waals surface area contributed by atoms with Crippen LogP contribution in [0.4, 0.5) is 5.69 Å². The molecule has 1 aliphatic rings. The van der Waals surface area contributed by atoms with Crippen molar-refractivity contribution in [1.29, 1.82) is 0 Å². The Morgan fingerprint density at radius 3 is 2.35 bits per heavy atom. The van der Waals surface area contributed by atoms with Gasteiger partial charge in [-0.05, 0) is 44.5 Å². The Labute approximate surface area is 154 Å². The molecule has 1 aromatic heterocycles. The maximum atomic E-state index is 12.9. The van der Waals surface area contributed by atoms with Crippen molar-refractivity contribution in [2.75, 3.05) is 18.5 Å². The molecule has 1 aliphatic heterocycles. The lowest BCUT2D eigenvalue weighted by molar-refractivity contribution is -0.117. The van der Waals surface area contributed by atoms with Crippen LogP contribution in [0.2, 0.25) is 0 Å². The molecule has 2 aromatic rings. The fourth-order valence-corrected chi connectivity index (χ4v) is 4.39. The van der Waals surface area contributed by atoms with Crippen molar-refractivity contribution in [3.63, 3.8) is 0 Å². The van der Waals surface area contributed by atoms with Gasteiger partial charge in [0.05, 0.1) is 10.6 Å². The molecule has 1 fully saturated rings. The van der Waals surface area contributed by atoms with Crippen molar-refractivity contribution in [2.24, 2.45) is 7.05 Å². The minimum atomic E-state index is -3.62. The molecular formula is C18H24N4O3S. The molecule has 0 aliphatic carbocycles. The van der Waals surface area contributed by atoms with Gasteiger partial charge in [0.2, 0.25) is 15.9 Å². The van der Waals surface area contributed by atoms with Crippen LogP contribution in [-0.4, -0.2) is 42.0 Å². The maximum Gasteiger partial charge on any atom is 0.243 e. The van der Waals surface area contributed by atoms with Gasteiger partial charge in [0.15, 0.2) is 0 Å². The lowest BCUT2D eigenvalue weighted by atomic mass is 10.2. The van der Waals surface area contributed by atoms with Crippen LogP contribution in [0.3, 0.4) is 0 Å². The summed E-state index contributed by atoms with van der Waals surface area (Å²) in [5.41, 5.74) is 3.44. The van der Waals surface area contributed by atoms with Crippen LogP contribution < -0.4 is 4.90 Å². The number of carbonyl (C=O) groups is 1. The van der Waals surface area contributed by atoms with Gasteiger partial charge >= 0.3 is 0 Å². The summed E-state index contributed by atoms with van der Waals surface area (Å²) in [6, 6.07) is 6.53. The molecule has 8 heteroatoms. The average Bonchev–Trinajstić information content (AvgIpc) is 3.13. The fourth-order valence-electron chi connectivity index (χ4n) is 3.25. The van der Waals surface area contributed by atoms with E-state index in [-0.39, 0.29) is 17.3 Å². The van der Waals surface area contributed by atoms with E-state index in [1.54, 1.807) is 40.9 Å². The predicted octanol–water partition coefficient (Wildman–Crippen LogP) is 1.98. The number of benzene rings is 1. The van der Waals surface area contributed by atoms with Crippen molar-refractivity contribution >= 4 is 21.6 Å². The van der Waals surface area contributed by atoms with Gasteiger partial charge in [-0.25, -0.2) is 8.42 Å². The molecule has 1 amide bonds. The van der Waals surface area contributed by atoms with Crippen LogP contribution in [0, 0.1) is 13.8 Å². The van der Waals surface area contributed by atoms with E-state index in [9.17, 15) is 13.2 Å². The first kappa shape index (κ1) is 18.6. The van der Waals surface area contributed by atoms with E-state index in [0.717, 1.165) is 29.1 Å². The zero-order valence-corrected chi connectivity index (χ0v) is 16.4. The summed E-state index contributed by atoms with van der Waals surface area (Å²) in [5.74, 6) is 0.0836. The van der Waals surface area contributed by atoms with Gasteiger partial charge < -0.3 is 4.90 Å². The smallest absolute Gasteiger partial charge is 0.243 e. The summed E-state index contributed by atoms with van der Waals surface area (Å²) in [6.45, 7) is 4.76. The van der Waals surface area contributed by atoms with E-state index in [4.69, 9.17) is 0 Å². The monoisotopic (exact) mass is 376 g/mol. The van der Waals surface area contributed by atoms with Gasteiger partial charge in [-0.3, -0.25) is 9.48 Å². The number of rotatable bonds is 5. The highest BCUT2D eigenvalue weighted by Crippen LogP contribution is 2.25. The molecular weight excluding hydrogens is 352 g/mol. The van der Waals surface area contributed by atoms with Gasteiger partial charge in [-0.1, -0.05) is 0 Å². The summed E-state index contributed by atoms with van der Waals surface area (Å²) in [7, 11) is -0.208. The lowest BCUT2D eigenvalue weighted by Gasteiger charge is -2.19. The van der Waals surface area contributed by atoms with Gasteiger partial charge in [0, 0.05) is 50.6 Å². The molecule has 0 radical (unpaired) electrons. The van der Waals surface area contributed by atoms with Crippen molar-refractivity contribution in [3.05, 3.63) is 41.2 Å². The molecule has 0 atom stereocenters. The molecule has 7 nitrogen and oxygen atoms in total. The first-order valence-electron chi connectivity index (χ1n) is 8.57. The molecule has 140 valence electrons. The first-order valence-corrected chi connectivity index (χ1v) is 10.0. The van der Waals surface area contributed by atoms with Crippen LogP contribution in [0.5, 0.6) is 0 Å². The molecule has 1 saturated heterocycles. The highest BCUT2D eigenvalue weighted by Gasteiger charge is 2.25. The number of aromatic nitrogens is 2. The number of sulfonamides is 1. The minimum absolute atomic E-state index is 0.0836.